The summed E-state index contributed by atoms with van der Waals surface area (Å²) in [4.78, 5) is 10.2. The Bertz CT molecular complexity index is 355. The highest BCUT2D eigenvalue weighted by molar-refractivity contribution is 5.51. The van der Waals surface area contributed by atoms with Crippen LogP contribution in [-0.2, 0) is 17.4 Å². The zero-order chi connectivity index (χ0) is 11.5. The molecule has 0 saturated heterocycles. The van der Waals surface area contributed by atoms with E-state index >= 15 is 0 Å². The van der Waals surface area contributed by atoms with E-state index in [2.05, 4.69) is 0 Å². The second kappa shape index (κ2) is 4.47. The lowest BCUT2D eigenvalue weighted by Gasteiger charge is -2.14. The van der Waals surface area contributed by atoms with E-state index in [1.165, 1.54) is 6.07 Å². The second-order valence-electron chi connectivity index (χ2n) is 3.30. The first kappa shape index (κ1) is 11.8. The van der Waals surface area contributed by atoms with Gasteiger partial charge in [-0.1, -0.05) is 12.1 Å². The maximum Gasteiger partial charge on any atom is 0.416 e. The average molecular weight is 216 g/mol. The number of rotatable bonds is 3. The Balaban J connectivity index is 3.14. The molecule has 4 heteroatoms. The number of benzene rings is 1. The van der Waals surface area contributed by atoms with Crippen LogP contribution in [0.25, 0.3) is 0 Å². The number of aryl methyl sites for hydroxylation is 1. The maximum atomic E-state index is 12.6. The molecule has 0 aliphatic rings. The molecule has 0 fully saturated rings. The van der Waals surface area contributed by atoms with Crippen molar-refractivity contribution >= 4 is 6.29 Å². The molecule has 0 N–H and O–H groups in total. The molecule has 1 aromatic rings. The molecule has 82 valence electrons. The van der Waals surface area contributed by atoms with Crippen LogP contribution in [0.4, 0.5) is 13.2 Å². The van der Waals surface area contributed by atoms with Crippen LogP contribution in [-0.4, -0.2) is 6.29 Å². The average Bonchev–Trinajstić information content (AvgIpc) is 2.14. The summed E-state index contributed by atoms with van der Waals surface area (Å²) in [5, 5.41) is 0. The van der Waals surface area contributed by atoms with Gasteiger partial charge in [-0.2, -0.15) is 13.2 Å². The summed E-state index contributed by atoms with van der Waals surface area (Å²) in [5.41, 5.74) is 0.160. The molecule has 1 aromatic carbocycles. The first-order chi connectivity index (χ1) is 6.96. The molecule has 1 rings (SSSR count). The van der Waals surface area contributed by atoms with E-state index in [4.69, 9.17) is 0 Å². The van der Waals surface area contributed by atoms with Crippen molar-refractivity contribution in [3.8, 4) is 0 Å². The number of aldehydes is 1. The van der Waals surface area contributed by atoms with Gasteiger partial charge in [0, 0.05) is 6.42 Å². The van der Waals surface area contributed by atoms with Gasteiger partial charge >= 0.3 is 6.18 Å². The van der Waals surface area contributed by atoms with Crippen LogP contribution in [0.2, 0.25) is 0 Å². The summed E-state index contributed by atoms with van der Waals surface area (Å²) < 4.78 is 37.7. The Morgan fingerprint density at radius 3 is 2.53 bits per heavy atom. The highest BCUT2D eigenvalue weighted by Crippen LogP contribution is 2.33. The summed E-state index contributed by atoms with van der Waals surface area (Å²) in [5.74, 6) is 0. The van der Waals surface area contributed by atoms with Crippen molar-refractivity contribution in [1.29, 1.82) is 0 Å². The van der Waals surface area contributed by atoms with E-state index in [1.807, 2.05) is 0 Å². The minimum absolute atomic E-state index is 0.119. The Labute approximate surface area is 85.9 Å². The smallest absolute Gasteiger partial charge is 0.303 e. The molecular weight excluding hydrogens is 205 g/mol. The molecule has 0 heterocycles. The van der Waals surface area contributed by atoms with Crippen LogP contribution in [0, 0.1) is 6.92 Å². The molecule has 0 bridgehead atoms. The van der Waals surface area contributed by atoms with E-state index in [1.54, 1.807) is 13.0 Å². The summed E-state index contributed by atoms with van der Waals surface area (Å²) in [6.45, 7) is 1.62. The quantitative estimate of drug-likeness (QED) is 0.709. The molecule has 15 heavy (non-hydrogen) atoms. The lowest BCUT2D eigenvalue weighted by Crippen LogP contribution is -2.10. The molecule has 0 atom stereocenters. The number of halogens is 3. The number of carbonyl (C=O) groups is 1. The van der Waals surface area contributed by atoms with Crippen LogP contribution in [0.3, 0.4) is 0 Å². The summed E-state index contributed by atoms with van der Waals surface area (Å²) >= 11 is 0. The van der Waals surface area contributed by atoms with Gasteiger partial charge in [0.1, 0.15) is 6.29 Å². The lowest BCUT2D eigenvalue weighted by molar-refractivity contribution is -0.138. The number of hydrogen-bond donors (Lipinski definition) is 0. The molecule has 0 aromatic heterocycles. The van der Waals surface area contributed by atoms with Crippen LogP contribution in [0.15, 0.2) is 18.2 Å². The highest BCUT2D eigenvalue weighted by atomic mass is 19.4. The number of alkyl halides is 3. The molecule has 0 amide bonds. The first-order valence-corrected chi connectivity index (χ1v) is 4.56. The van der Waals surface area contributed by atoms with Gasteiger partial charge < -0.3 is 4.79 Å². The van der Waals surface area contributed by atoms with Gasteiger partial charge in [-0.05, 0) is 30.5 Å². The third-order valence-electron chi connectivity index (χ3n) is 2.23. The van der Waals surface area contributed by atoms with E-state index < -0.39 is 11.7 Å². The van der Waals surface area contributed by atoms with Crippen molar-refractivity contribution in [2.75, 3.05) is 0 Å². The zero-order valence-corrected chi connectivity index (χ0v) is 8.27. The minimum Gasteiger partial charge on any atom is -0.303 e. The fourth-order valence-corrected chi connectivity index (χ4v) is 1.50. The van der Waals surface area contributed by atoms with Crippen molar-refractivity contribution in [2.24, 2.45) is 0 Å². The maximum absolute atomic E-state index is 12.6. The standard InChI is InChI=1S/C11H11F3O/c1-8-4-2-6-10(11(12,13)14)9(8)5-3-7-15/h2,4,6-7H,3,5H2,1H3. The Morgan fingerprint density at radius 2 is 2.00 bits per heavy atom. The predicted octanol–water partition coefficient (Wildman–Crippen LogP) is 3.15. The van der Waals surface area contributed by atoms with Gasteiger partial charge in [0.05, 0.1) is 5.56 Å². The second-order valence-corrected chi connectivity index (χ2v) is 3.30. The van der Waals surface area contributed by atoms with Gasteiger partial charge in [0.15, 0.2) is 0 Å². The largest absolute Gasteiger partial charge is 0.416 e. The third kappa shape index (κ3) is 2.81. The number of hydrogen-bond acceptors (Lipinski definition) is 1. The Hall–Kier alpha value is -1.32. The van der Waals surface area contributed by atoms with Crippen molar-refractivity contribution in [3.63, 3.8) is 0 Å². The van der Waals surface area contributed by atoms with Crippen LogP contribution in [0.1, 0.15) is 23.1 Å². The lowest BCUT2D eigenvalue weighted by atomic mass is 9.97. The van der Waals surface area contributed by atoms with Crippen molar-refractivity contribution < 1.29 is 18.0 Å². The van der Waals surface area contributed by atoms with Crippen molar-refractivity contribution in [3.05, 3.63) is 34.9 Å². The first-order valence-electron chi connectivity index (χ1n) is 4.56. The van der Waals surface area contributed by atoms with E-state index in [-0.39, 0.29) is 18.4 Å². The fourth-order valence-electron chi connectivity index (χ4n) is 1.50. The topological polar surface area (TPSA) is 17.1 Å². The van der Waals surface area contributed by atoms with Crippen molar-refractivity contribution in [2.45, 2.75) is 25.9 Å². The molecule has 0 spiro atoms. The van der Waals surface area contributed by atoms with Crippen LogP contribution < -0.4 is 0 Å². The predicted molar refractivity (Wildman–Crippen MR) is 50.6 cm³/mol. The molecular formula is C11H11F3O. The normalized spacial score (nSPS) is 11.5. The molecule has 0 unspecified atom stereocenters. The molecule has 0 radical (unpaired) electrons. The van der Waals surface area contributed by atoms with Crippen molar-refractivity contribution in [1.82, 2.24) is 0 Å². The molecule has 0 saturated carbocycles. The van der Waals surface area contributed by atoms with Gasteiger partial charge in [-0.25, -0.2) is 0 Å². The van der Waals surface area contributed by atoms with E-state index in [0.717, 1.165) is 6.07 Å². The van der Waals surface area contributed by atoms with E-state index in [0.29, 0.717) is 11.8 Å². The van der Waals surface area contributed by atoms with E-state index in [9.17, 15) is 18.0 Å². The Kier molecular flexibility index (Phi) is 3.50. The summed E-state index contributed by atoms with van der Waals surface area (Å²) in [7, 11) is 0. The van der Waals surface area contributed by atoms with Gasteiger partial charge in [-0.15, -0.1) is 0 Å². The highest BCUT2D eigenvalue weighted by Gasteiger charge is 2.33. The SMILES string of the molecule is Cc1cccc(C(F)(F)F)c1CCC=O. The zero-order valence-electron chi connectivity index (χ0n) is 8.27. The third-order valence-corrected chi connectivity index (χ3v) is 2.23. The van der Waals surface area contributed by atoms with Gasteiger partial charge in [0.25, 0.3) is 0 Å². The monoisotopic (exact) mass is 216 g/mol. The fraction of sp³-hybridized carbons (Fsp3) is 0.364. The van der Waals surface area contributed by atoms with Crippen LogP contribution in [0.5, 0.6) is 0 Å². The van der Waals surface area contributed by atoms with Crippen LogP contribution >= 0.6 is 0 Å². The number of carbonyl (C=O) groups excluding carboxylic acids is 1. The molecule has 1 nitrogen and oxygen atoms in total. The molecule has 0 aliphatic heterocycles. The van der Waals surface area contributed by atoms with Gasteiger partial charge in [-0.3, -0.25) is 0 Å². The summed E-state index contributed by atoms with van der Waals surface area (Å²) in [6.07, 6.45) is -3.45. The van der Waals surface area contributed by atoms with Gasteiger partial charge in [0.2, 0.25) is 0 Å². The summed E-state index contributed by atoms with van der Waals surface area (Å²) in [6, 6.07) is 4.05. The minimum atomic E-state index is -4.34. The Morgan fingerprint density at radius 1 is 1.33 bits per heavy atom. The molecule has 0 aliphatic carbocycles.